The summed E-state index contributed by atoms with van der Waals surface area (Å²) in [5, 5.41) is 0. The molecule has 0 amide bonds. The molecule has 0 spiro atoms. The van der Waals surface area contributed by atoms with Gasteiger partial charge in [-0.1, -0.05) is 44.2 Å². The minimum atomic E-state index is 0.623. The van der Waals surface area contributed by atoms with Crippen molar-refractivity contribution >= 4 is 0 Å². The van der Waals surface area contributed by atoms with Gasteiger partial charge in [-0.25, -0.2) is 0 Å². The molecule has 0 aliphatic carbocycles. The number of rotatable bonds is 6. The Bertz CT molecular complexity index is 253. The van der Waals surface area contributed by atoms with Crippen LogP contribution in [0.2, 0.25) is 0 Å². The maximum absolute atomic E-state index is 5.44. The molecule has 1 aromatic carbocycles. The summed E-state index contributed by atoms with van der Waals surface area (Å²) in [4.78, 5) is 0. The van der Waals surface area contributed by atoms with Gasteiger partial charge >= 0.3 is 0 Å². The van der Waals surface area contributed by atoms with Gasteiger partial charge in [0, 0.05) is 13.2 Å². The minimum Gasteiger partial charge on any atom is -0.382 e. The summed E-state index contributed by atoms with van der Waals surface area (Å²) in [7, 11) is 0. The van der Waals surface area contributed by atoms with Crippen LogP contribution in [0.4, 0.5) is 0 Å². The predicted octanol–water partition coefficient (Wildman–Crippen LogP) is 3.85. The van der Waals surface area contributed by atoms with Gasteiger partial charge in [-0.2, -0.15) is 0 Å². The fraction of sp³-hybridized carbons (Fsp3) is 0.571. The topological polar surface area (TPSA) is 9.23 Å². The van der Waals surface area contributed by atoms with Crippen LogP contribution in [0, 0.1) is 5.92 Å². The van der Waals surface area contributed by atoms with E-state index < -0.39 is 0 Å². The molecule has 0 fully saturated rings. The molecular weight excluding hydrogens is 184 g/mol. The van der Waals surface area contributed by atoms with Crippen molar-refractivity contribution in [1.29, 1.82) is 0 Å². The molecule has 1 atom stereocenters. The highest BCUT2D eigenvalue weighted by Gasteiger charge is 2.14. The monoisotopic (exact) mass is 206 g/mol. The largest absolute Gasteiger partial charge is 0.382 e. The van der Waals surface area contributed by atoms with Crippen molar-refractivity contribution in [3.63, 3.8) is 0 Å². The van der Waals surface area contributed by atoms with Crippen LogP contribution < -0.4 is 0 Å². The van der Waals surface area contributed by atoms with E-state index in [1.165, 1.54) is 5.56 Å². The third kappa shape index (κ3) is 4.05. The second-order valence-electron chi connectivity index (χ2n) is 4.25. The number of benzene rings is 1. The first-order valence-electron chi connectivity index (χ1n) is 5.88. The molecule has 0 heterocycles. The fourth-order valence-corrected chi connectivity index (χ4v) is 1.94. The third-order valence-electron chi connectivity index (χ3n) is 2.81. The van der Waals surface area contributed by atoms with Crippen LogP contribution in [0.1, 0.15) is 38.7 Å². The molecule has 0 saturated carbocycles. The molecule has 0 N–H and O–H groups in total. The smallest absolute Gasteiger partial charge is 0.0471 e. The lowest BCUT2D eigenvalue weighted by atomic mass is 9.86. The molecule has 0 aliphatic rings. The predicted molar refractivity (Wildman–Crippen MR) is 65.1 cm³/mol. The molecule has 0 unspecified atom stereocenters. The van der Waals surface area contributed by atoms with Crippen LogP contribution in [0.15, 0.2) is 30.3 Å². The van der Waals surface area contributed by atoms with Crippen LogP contribution in [-0.4, -0.2) is 13.2 Å². The summed E-state index contributed by atoms with van der Waals surface area (Å²) >= 11 is 0. The second kappa shape index (κ2) is 6.62. The third-order valence-corrected chi connectivity index (χ3v) is 2.81. The van der Waals surface area contributed by atoms with Crippen LogP contribution in [0.5, 0.6) is 0 Å². The second-order valence-corrected chi connectivity index (χ2v) is 4.25. The van der Waals surface area contributed by atoms with E-state index in [0.29, 0.717) is 11.8 Å². The van der Waals surface area contributed by atoms with Gasteiger partial charge in [0.05, 0.1) is 0 Å². The SMILES string of the molecule is CCOCC[C@H](c1ccccc1)C(C)C. The lowest BCUT2D eigenvalue weighted by Gasteiger charge is -2.21. The van der Waals surface area contributed by atoms with Crippen LogP contribution in [-0.2, 0) is 4.74 Å². The highest BCUT2D eigenvalue weighted by atomic mass is 16.5. The summed E-state index contributed by atoms with van der Waals surface area (Å²) in [5.41, 5.74) is 1.44. The van der Waals surface area contributed by atoms with E-state index in [1.54, 1.807) is 0 Å². The van der Waals surface area contributed by atoms with E-state index in [4.69, 9.17) is 4.74 Å². The van der Waals surface area contributed by atoms with Gasteiger partial charge in [0.2, 0.25) is 0 Å². The van der Waals surface area contributed by atoms with Gasteiger partial charge < -0.3 is 4.74 Å². The standard InChI is InChI=1S/C14H22O/c1-4-15-11-10-14(12(2)3)13-8-6-5-7-9-13/h5-9,12,14H,4,10-11H2,1-3H3/t14-/m0/s1. The van der Waals surface area contributed by atoms with Crippen molar-refractivity contribution in [3.8, 4) is 0 Å². The minimum absolute atomic E-state index is 0.623. The lowest BCUT2D eigenvalue weighted by molar-refractivity contribution is 0.135. The average Bonchev–Trinajstić information content (AvgIpc) is 2.25. The van der Waals surface area contributed by atoms with Crippen LogP contribution in [0.25, 0.3) is 0 Å². The summed E-state index contributed by atoms with van der Waals surface area (Å²) in [6.07, 6.45) is 1.12. The number of ether oxygens (including phenoxy) is 1. The highest BCUT2D eigenvalue weighted by molar-refractivity contribution is 5.19. The summed E-state index contributed by atoms with van der Waals surface area (Å²) in [5.74, 6) is 1.30. The maximum atomic E-state index is 5.44. The van der Waals surface area contributed by atoms with Gasteiger partial charge in [-0.3, -0.25) is 0 Å². The Labute approximate surface area is 93.5 Å². The molecule has 0 saturated heterocycles. The first-order valence-corrected chi connectivity index (χ1v) is 5.88. The van der Waals surface area contributed by atoms with Gasteiger partial charge in [-0.05, 0) is 30.7 Å². The Hall–Kier alpha value is -0.820. The molecule has 1 heteroatoms. The van der Waals surface area contributed by atoms with E-state index in [0.717, 1.165) is 19.6 Å². The first-order chi connectivity index (χ1) is 7.25. The Morgan fingerprint density at radius 2 is 1.80 bits per heavy atom. The number of hydrogen-bond acceptors (Lipinski definition) is 1. The molecule has 0 aromatic heterocycles. The van der Waals surface area contributed by atoms with Gasteiger partial charge in [-0.15, -0.1) is 0 Å². The molecular formula is C14H22O. The first kappa shape index (κ1) is 12.3. The van der Waals surface area contributed by atoms with Crippen molar-refractivity contribution in [2.45, 2.75) is 33.1 Å². The fourth-order valence-electron chi connectivity index (χ4n) is 1.94. The summed E-state index contributed by atoms with van der Waals surface area (Å²) in [6.45, 7) is 8.30. The van der Waals surface area contributed by atoms with Crippen molar-refractivity contribution in [3.05, 3.63) is 35.9 Å². The summed E-state index contributed by atoms with van der Waals surface area (Å²) in [6, 6.07) is 10.7. The zero-order valence-corrected chi connectivity index (χ0v) is 10.1. The Morgan fingerprint density at radius 1 is 1.13 bits per heavy atom. The molecule has 15 heavy (non-hydrogen) atoms. The quantitative estimate of drug-likeness (QED) is 0.642. The van der Waals surface area contributed by atoms with E-state index in [1.807, 2.05) is 6.92 Å². The zero-order valence-electron chi connectivity index (χ0n) is 10.1. The van der Waals surface area contributed by atoms with Crippen molar-refractivity contribution in [1.82, 2.24) is 0 Å². The van der Waals surface area contributed by atoms with Crippen LogP contribution in [0.3, 0.4) is 0 Å². The van der Waals surface area contributed by atoms with Crippen molar-refractivity contribution in [2.24, 2.45) is 5.92 Å². The molecule has 1 rings (SSSR count). The maximum Gasteiger partial charge on any atom is 0.0471 e. The molecule has 1 nitrogen and oxygen atoms in total. The van der Waals surface area contributed by atoms with Gasteiger partial charge in [0.1, 0.15) is 0 Å². The Kier molecular flexibility index (Phi) is 5.41. The number of hydrogen-bond donors (Lipinski definition) is 0. The summed E-state index contributed by atoms with van der Waals surface area (Å²) < 4.78 is 5.44. The Balaban J connectivity index is 2.58. The molecule has 0 radical (unpaired) electrons. The normalized spacial score (nSPS) is 13.1. The Morgan fingerprint density at radius 3 is 2.33 bits per heavy atom. The van der Waals surface area contributed by atoms with Crippen LogP contribution >= 0.6 is 0 Å². The van der Waals surface area contributed by atoms with Crippen molar-refractivity contribution < 1.29 is 4.74 Å². The van der Waals surface area contributed by atoms with E-state index in [2.05, 4.69) is 44.2 Å². The van der Waals surface area contributed by atoms with E-state index in [-0.39, 0.29) is 0 Å². The van der Waals surface area contributed by atoms with Gasteiger partial charge in [0.15, 0.2) is 0 Å². The molecule has 0 bridgehead atoms. The highest BCUT2D eigenvalue weighted by Crippen LogP contribution is 2.27. The zero-order chi connectivity index (χ0) is 11.1. The van der Waals surface area contributed by atoms with Gasteiger partial charge in [0.25, 0.3) is 0 Å². The molecule has 0 aliphatic heterocycles. The van der Waals surface area contributed by atoms with E-state index >= 15 is 0 Å². The average molecular weight is 206 g/mol. The van der Waals surface area contributed by atoms with Crippen molar-refractivity contribution in [2.75, 3.05) is 13.2 Å². The van der Waals surface area contributed by atoms with E-state index in [9.17, 15) is 0 Å². The molecule has 84 valence electrons. The molecule has 1 aromatic rings. The lowest BCUT2D eigenvalue weighted by Crippen LogP contribution is -2.10.